The fraction of sp³-hybridized carbons (Fsp3) is 0.167. The van der Waals surface area contributed by atoms with Crippen LogP contribution in [0, 0.1) is 6.92 Å². The van der Waals surface area contributed by atoms with Crippen molar-refractivity contribution in [1.82, 2.24) is 9.78 Å². The Kier molecular flexibility index (Phi) is 2.93. The van der Waals surface area contributed by atoms with Crippen LogP contribution in [0.1, 0.15) is 21.6 Å². The number of nitrogens with two attached hydrogens (primary N) is 2. The molecule has 1 amide bonds. The van der Waals surface area contributed by atoms with Crippen molar-refractivity contribution in [3.8, 4) is 5.69 Å². The Morgan fingerprint density at radius 1 is 1.41 bits per heavy atom. The molecule has 0 spiro atoms. The lowest BCUT2D eigenvalue weighted by atomic mass is 10.1. The Hall–Kier alpha value is -2.14. The summed E-state index contributed by atoms with van der Waals surface area (Å²) in [6.45, 7) is 2.50. The van der Waals surface area contributed by atoms with E-state index in [0.29, 0.717) is 6.54 Å². The van der Waals surface area contributed by atoms with Gasteiger partial charge in [-0.15, -0.1) is 0 Å². The van der Waals surface area contributed by atoms with E-state index in [1.165, 1.54) is 0 Å². The van der Waals surface area contributed by atoms with Gasteiger partial charge in [0.2, 0.25) is 0 Å². The number of hydrogen-bond acceptors (Lipinski definition) is 3. The molecule has 5 heteroatoms. The highest BCUT2D eigenvalue weighted by atomic mass is 16.1. The summed E-state index contributed by atoms with van der Waals surface area (Å²) >= 11 is 0. The van der Waals surface area contributed by atoms with Crippen molar-refractivity contribution in [3.63, 3.8) is 0 Å². The maximum absolute atomic E-state index is 10.9. The fourth-order valence-electron chi connectivity index (χ4n) is 1.65. The molecule has 0 unspecified atom stereocenters. The first-order valence-electron chi connectivity index (χ1n) is 5.27. The lowest BCUT2D eigenvalue weighted by molar-refractivity contribution is 0.0995. The molecule has 2 rings (SSSR count). The second-order valence-corrected chi connectivity index (χ2v) is 3.82. The number of benzene rings is 1. The van der Waals surface area contributed by atoms with Crippen LogP contribution < -0.4 is 11.5 Å². The smallest absolute Gasteiger partial charge is 0.269 e. The Morgan fingerprint density at radius 3 is 2.71 bits per heavy atom. The molecule has 0 radical (unpaired) electrons. The lowest BCUT2D eigenvalue weighted by Crippen LogP contribution is -2.12. The van der Waals surface area contributed by atoms with E-state index in [9.17, 15) is 4.79 Å². The Balaban J connectivity index is 2.39. The van der Waals surface area contributed by atoms with Crippen LogP contribution in [0.25, 0.3) is 5.69 Å². The first kappa shape index (κ1) is 11.3. The number of rotatable bonds is 3. The summed E-state index contributed by atoms with van der Waals surface area (Å²) in [7, 11) is 0. The van der Waals surface area contributed by atoms with Gasteiger partial charge >= 0.3 is 0 Å². The van der Waals surface area contributed by atoms with Crippen LogP contribution in [0.3, 0.4) is 0 Å². The van der Waals surface area contributed by atoms with E-state index < -0.39 is 5.91 Å². The third-order valence-corrected chi connectivity index (χ3v) is 2.65. The highest BCUT2D eigenvalue weighted by Crippen LogP contribution is 2.14. The number of carbonyl (C=O) groups is 1. The van der Waals surface area contributed by atoms with Crippen LogP contribution in [-0.2, 0) is 6.54 Å². The number of aryl methyl sites for hydroxylation is 1. The Morgan fingerprint density at radius 2 is 2.18 bits per heavy atom. The molecule has 0 fully saturated rings. The molecular weight excluding hydrogens is 216 g/mol. The van der Waals surface area contributed by atoms with E-state index in [0.717, 1.165) is 16.8 Å². The van der Waals surface area contributed by atoms with Gasteiger partial charge in [-0.1, -0.05) is 6.07 Å². The standard InChI is InChI=1S/C12H14N4O/c1-8-6-10(3-2-9(8)7-13)16-5-4-11(15-16)12(14)17/h2-6H,7,13H2,1H3,(H2,14,17). The van der Waals surface area contributed by atoms with Crippen molar-refractivity contribution >= 4 is 5.91 Å². The summed E-state index contributed by atoms with van der Waals surface area (Å²) in [6, 6.07) is 7.43. The van der Waals surface area contributed by atoms with Crippen molar-refractivity contribution in [2.24, 2.45) is 11.5 Å². The van der Waals surface area contributed by atoms with Crippen LogP contribution in [0.5, 0.6) is 0 Å². The quantitative estimate of drug-likeness (QED) is 0.815. The summed E-state index contributed by atoms with van der Waals surface area (Å²) in [5, 5.41) is 4.09. The maximum atomic E-state index is 10.9. The number of carbonyl (C=O) groups excluding carboxylic acids is 1. The monoisotopic (exact) mass is 230 g/mol. The van der Waals surface area contributed by atoms with Gasteiger partial charge in [0.05, 0.1) is 5.69 Å². The predicted molar refractivity (Wildman–Crippen MR) is 64.7 cm³/mol. The van der Waals surface area contributed by atoms with Crippen LogP contribution in [0.4, 0.5) is 0 Å². The summed E-state index contributed by atoms with van der Waals surface area (Å²) in [4.78, 5) is 10.9. The molecule has 0 atom stereocenters. The molecule has 0 saturated carbocycles. The van der Waals surface area contributed by atoms with Gasteiger partial charge in [0.25, 0.3) is 5.91 Å². The van der Waals surface area contributed by atoms with Crippen LogP contribution in [-0.4, -0.2) is 15.7 Å². The summed E-state index contributed by atoms with van der Waals surface area (Å²) < 4.78 is 1.62. The predicted octanol–water partition coefficient (Wildman–Crippen LogP) is 0.738. The molecule has 17 heavy (non-hydrogen) atoms. The minimum absolute atomic E-state index is 0.255. The van der Waals surface area contributed by atoms with Crippen LogP contribution in [0.15, 0.2) is 30.5 Å². The van der Waals surface area contributed by atoms with E-state index in [4.69, 9.17) is 11.5 Å². The maximum Gasteiger partial charge on any atom is 0.269 e. The van der Waals surface area contributed by atoms with Crippen molar-refractivity contribution < 1.29 is 4.79 Å². The van der Waals surface area contributed by atoms with Gasteiger partial charge in [0.1, 0.15) is 5.69 Å². The minimum atomic E-state index is -0.529. The Bertz CT molecular complexity index is 559. The molecule has 1 aromatic heterocycles. The van der Waals surface area contributed by atoms with Gasteiger partial charge in [0.15, 0.2) is 0 Å². The molecule has 1 heterocycles. The summed E-state index contributed by atoms with van der Waals surface area (Å²) in [6.07, 6.45) is 1.71. The zero-order valence-electron chi connectivity index (χ0n) is 9.55. The number of amides is 1. The van der Waals surface area contributed by atoms with Crippen molar-refractivity contribution in [2.75, 3.05) is 0 Å². The van der Waals surface area contributed by atoms with Gasteiger partial charge in [-0.05, 0) is 36.2 Å². The molecule has 0 aliphatic heterocycles. The van der Waals surface area contributed by atoms with E-state index >= 15 is 0 Å². The van der Waals surface area contributed by atoms with Crippen molar-refractivity contribution in [2.45, 2.75) is 13.5 Å². The van der Waals surface area contributed by atoms with Crippen molar-refractivity contribution in [1.29, 1.82) is 0 Å². The zero-order chi connectivity index (χ0) is 12.4. The minimum Gasteiger partial charge on any atom is -0.364 e. The third-order valence-electron chi connectivity index (χ3n) is 2.65. The van der Waals surface area contributed by atoms with Crippen LogP contribution >= 0.6 is 0 Å². The van der Waals surface area contributed by atoms with E-state index in [2.05, 4.69) is 5.10 Å². The van der Waals surface area contributed by atoms with E-state index in [1.54, 1.807) is 16.9 Å². The molecular formula is C12H14N4O. The second kappa shape index (κ2) is 4.39. The van der Waals surface area contributed by atoms with Gasteiger partial charge in [-0.3, -0.25) is 4.79 Å². The average molecular weight is 230 g/mol. The SMILES string of the molecule is Cc1cc(-n2ccc(C(N)=O)n2)ccc1CN. The third kappa shape index (κ3) is 2.19. The summed E-state index contributed by atoms with van der Waals surface area (Å²) in [5.74, 6) is -0.529. The summed E-state index contributed by atoms with van der Waals surface area (Å²) in [5.41, 5.74) is 14.1. The number of hydrogen-bond donors (Lipinski definition) is 2. The topological polar surface area (TPSA) is 86.9 Å². The molecule has 1 aromatic carbocycles. The Labute approximate surface area is 99.0 Å². The van der Waals surface area contributed by atoms with Gasteiger partial charge in [-0.25, -0.2) is 4.68 Å². The molecule has 0 bridgehead atoms. The van der Waals surface area contributed by atoms with E-state index in [-0.39, 0.29) is 5.69 Å². The molecule has 2 aromatic rings. The first-order chi connectivity index (χ1) is 8.11. The highest BCUT2D eigenvalue weighted by molar-refractivity contribution is 5.90. The second-order valence-electron chi connectivity index (χ2n) is 3.82. The normalized spacial score (nSPS) is 10.5. The van der Waals surface area contributed by atoms with Crippen molar-refractivity contribution in [3.05, 3.63) is 47.3 Å². The fourth-order valence-corrected chi connectivity index (χ4v) is 1.65. The zero-order valence-corrected chi connectivity index (χ0v) is 9.55. The largest absolute Gasteiger partial charge is 0.364 e. The number of primary amides is 1. The number of nitrogens with zero attached hydrogens (tertiary/aromatic N) is 2. The average Bonchev–Trinajstić information content (AvgIpc) is 2.78. The molecule has 0 aliphatic carbocycles. The molecule has 5 nitrogen and oxygen atoms in total. The molecule has 0 saturated heterocycles. The molecule has 0 aliphatic rings. The molecule has 4 N–H and O–H groups in total. The lowest BCUT2D eigenvalue weighted by Gasteiger charge is -2.06. The van der Waals surface area contributed by atoms with Crippen LogP contribution in [0.2, 0.25) is 0 Å². The van der Waals surface area contributed by atoms with Gasteiger partial charge < -0.3 is 11.5 Å². The highest BCUT2D eigenvalue weighted by Gasteiger charge is 2.06. The van der Waals surface area contributed by atoms with E-state index in [1.807, 2.05) is 25.1 Å². The van der Waals surface area contributed by atoms with Gasteiger partial charge in [0, 0.05) is 12.7 Å². The first-order valence-corrected chi connectivity index (χ1v) is 5.27. The molecule has 88 valence electrons. The van der Waals surface area contributed by atoms with Gasteiger partial charge in [-0.2, -0.15) is 5.10 Å². The number of aromatic nitrogens is 2.